The Hall–Kier alpha value is -2.22. The molecule has 1 amide bonds. The van der Waals surface area contributed by atoms with Gasteiger partial charge in [-0.05, 0) is 38.3 Å². The number of piperidine rings is 1. The lowest BCUT2D eigenvalue weighted by Crippen LogP contribution is -2.40. The monoisotopic (exact) mass is 377 g/mol. The van der Waals surface area contributed by atoms with E-state index in [-0.39, 0.29) is 11.2 Å². The highest BCUT2D eigenvalue weighted by atomic mass is 32.2. The van der Waals surface area contributed by atoms with Crippen LogP contribution in [0.1, 0.15) is 26.2 Å². The molecule has 0 bridgehead atoms. The van der Waals surface area contributed by atoms with E-state index in [4.69, 9.17) is 13.9 Å². The zero-order valence-electron chi connectivity index (χ0n) is 15.2. The minimum Gasteiger partial charge on any atom is -0.497 e. The molecule has 1 aromatic carbocycles. The summed E-state index contributed by atoms with van der Waals surface area (Å²) in [7, 11) is 3.17. The van der Waals surface area contributed by atoms with Crippen LogP contribution in [0.3, 0.4) is 0 Å². The second-order valence-corrected chi connectivity index (χ2v) is 7.41. The molecule has 3 rings (SSSR count). The lowest BCUT2D eigenvalue weighted by molar-refractivity contribution is -0.131. The molecule has 0 aliphatic carbocycles. The predicted octanol–water partition coefficient (Wildman–Crippen LogP) is 3.25. The van der Waals surface area contributed by atoms with Gasteiger partial charge >= 0.3 is 0 Å². The van der Waals surface area contributed by atoms with E-state index < -0.39 is 0 Å². The van der Waals surface area contributed by atoms with Crippen molar-refractivity contribution < 1.29 is 18.7 Å². The van der Waals surface area contributed by atoms with E-state index in [1.807, 2.05) is 11.8 Å². The Morgan fingerprint density at radius 1 is 1.12 bits per heavy atom. The van der Waals surface area contributed by atoms with Crippen LogP contribution in [0, 0.1) is 0 Å². The van der Waals surface area contributed by atoms with Gasteiger partial charge in [0.15, 0.2) is 0 Å². The smallest absolute Gasteiger partial charge is 0.277 e. The maximum absolute atomic E-state index is 12.5. The van der Waals surface area contributed by atoms with E-state index in [0.717, 1.165) is 25.9 Å². The summed E-state index contributed by atoms with van der Waals surface area (Å²) in [5, 5.41) is 8.27. The van der Waals surface area contributed by atoms with E-state index in [1.165, 1.54) is 18.2 Å². The number of rotatable bonds is 6. The van der Waals surface area contributed by atoms with Crippen molar-refractivity contribution in [3.8, 4) is 23.0 Å². The number of hydrogen-bond donors (Lipinski definition) is 0. The number of ether oxygens (including phenoxy) is 2. The van der Waals surface area contributed by atoms with Gasteiger partial charge in [0.2, 0.25) is 11.8 Å². The fraction of sp³-hybridized carbons (Fsp3) is 0.500. The number of amides is 1. The molecule has 2 aromatic rings. The third-order valence-corrected chi connectivity index (χ3v) is 5.22. The van der Waals surface area contributed by atoms with Crippen LogP contribution in [0.2, 0.25) is 0 Å². The van der Waals surface area contributed by atoms with Gasteiger partial charge in [-0.15, -0.1) is 10.2 Å². The number of carbonyl (C=O) groups excluding carboxylic acids is 1. The minimum atomic E-state index is -0.263. The number of nitrogens with zero attached hydrogens (tertiary/aromatic N) is 3. The van der Waals surface area contributed by atoms with Gasteiger partial charge in [-0.1, -0.05) is 11.8 Å². The highest BCUT2D eigenvalue weighted by molar-refractivity contribution is 8.00. The molecule has 26 heavy (non-hydrogen) atoms. The van der Waals surface area contributed by atoms with E-state index >= 15 is 0 Å². The Balaban J connectivity index is 1.70. The molecule has 1 aliphatic rings. The Morgan fingerprint density at radius 2 is 1.77 bits per heavy atom. The van der Waals surface area contributed by atoms with Crippen LogP contribution in [0.5, 0.6) is 11.5 Å². The van der Waals surface area contributed by atoms with E-state index in [2.05, 4.69) is 10.2 Å². The first-order valence-electron chi connectivity index (χ1n) is 8.63. The second kappa shape index (κ2) is 8.44. The van der Waals surface area contributed by atoms with Gasteiger partial charge in [0.25, 0.3) is 5.22 Å². The number of hydrogen-bond acceptors (Lipinski definition) is 7. The molecule has 0 unspecified atom stereocenters. The molecule has 7 nitrogen and oxygen atoms in total. The Kier molecular flexibility index (Phi) is 6.03. The summed E-state index contributed by atoms with van der Waals surface area (Å²) < 4.78 is 16.3. The summed E-state index contributed by atoms with van der Waals surface area (Å²) in [6.07, 6.45) is 3.35. The zero-order valence-corrected chi connectivity index (χ0v) is 16.0. The number of methoxy groups -OCH3 is 2. The SMILES string of the molecule is COc1cc(OC)cc(-c2nnc(S[C@@H](C)C(=O)N3CCCCC3)o2)c1. The fourth-order valence-corrected chi connectivity index (χ4v) is 3.65. The number of aromatic nitrogens is 2. The Morgan fingerprint density at radius 3 is 2.38 bits per heavy atom. The molecule has 1 aliphatic heterocycles. The summed E-state index contributed by atoms with van der Waals surface area (Å²) in [6.45, 7) is 3.55. The fourth-order valence-electron chi connectivity index (χ4n) is 2.88. The van der Waals surface area contributed by atoms with E-state index in [9.17, 15) is 4.79 Å². The van der Waals surface area contributed by atoms with Crippen molar-refractivity contribution >= 4 is 17.7 Å². The molecule has 140 valence electrons. The Bertz CT molecular complexity index is 736. The normalized spacial score (nSPS) is 15.6. The summed E-state index contributed by atoms with van der Waals surface area (Å²) >= 11 is 1.29. The molecule has 8 heteroatoms. The van der Waals surface area contributed by atoms with Gasteiger partial charge in [-0.2, -0.15) is 0 Å². The van der Waals surface area contributed by atoms with Gasteiger partial charge in [-0.3, -0.25) is 4.79 Å². The highest BCUT2D eigenvalue weighted by Gasteiger charge is 2.25. The molecule has 0 radical (unpaired) electrons. The number of likely N-dealkylation sites (tertiary alicyclic amines) is 1. The first-order chi connectivity index (χ1) is 12.6. The van der Waals surface area contributed by atoms with Crippen molar-refractivity contribution in [1.29, 1.82) is 0 Å². The van der Waals surface area contributed by atoms with Crippen molar-refractivity contribution in [3.05, 3.63) is 18.2 Å². The molecule has 1 aromatic heterocycles. The number of benzene rings is 1. The molecule has 2 heterocycles. The summed E-state index contributed by atoms with van der Waals surface area (Å²) in [5.41, 5.74) is 0.704. The lowest BCUT2D eigenvalue weighted by Gasteiger charge is -2.28. The maximum atomic E-state index is 12.5. The maximum Gasteiger partial charge on any atom is 0.277 e. The first kappa shape index (κ1) is 18.6. The summed E-state index contributed by atoms with van der Waals surface area (Å²) in [6, 6.07) is 5.37. The Labute approximate surface area is 157 Å². The van der Waals surface area contributed by atoms with Crippen LogP contribution in [-0.2, 0) is 4.79 Å². The van der Waals surface area contributed by atoms with Crippen LogP contribution in [0.4, 0.5) is 0 Å². The van der Waals surface area contributed by atoms with Crippen LogP contribution < -0.4 is 9.47 Å². The van der Waals surface area contributed by atoms with Crippen LogP contribution in [0.15, 0.2) is 27.8 Å². The van der Waals surface area contributed by atoms with Crippen molar-refractivity contribution in [2.45, 2.75) is 36.7 Å². The van der Waals surface area contributed by atoms with Gasteiger partial charge in [-0.25, -0.2) is 0 Å². The average molecular weight is 377 g/mol. The minimum absolute atomic E-state index is 0.123. The summed E-state index contributed by atoms with van der Waals surface area (Å²) in [5.74, 6) is 1.76. The third kappa shape index (κ3) is 4.30. The molecule has 0 N–H and O–H groups in total. The van der Waals surface area contributed by atoms with E-state index in [1.54, 1.807) is 32.4 Å². The zero-order chi connectivity index (χ0) is 18.5. The van der Waals surface area contributed by atoms with Crippen LogP contribution in [-0.4, -0.2) is 53.6 Å². The molecule has 1 atom stereocenters. The van der Waals surface area contributed by atoms with Crippen molar-refractivity contribution in [2.24, 2.45) is 0 Å². The average Bonchev–Trinajstić information content (AvgIpc) is 3.16. The number of carbonyl (C=O) groups is 1. The van der Waals surface area contributed by atoms with Crippen molar-refractivity contribution in [1.82, 2.24) is 15.1 Å². The highest BCUT2D eigenvalue weighted by Crippen LogP contribution is 2.31. The molecule has 1 saturated heterocycles. The third-order valence-electron chi connectivity index (χ3n) is 4.30. The van der Waals surface area contributed by atoms with Gasteiger partial charge in [0, 0.05) is 24.7 Å². The first-order valence-corrected chi connectivity index (χ1v) is 9.51. The quantitative estimate of drug-likeness (QED) is 0.715. The molecule has 1 fully saturated rings. The second-order valence-electron chi connectivity index (χ2n) is 6.12. The standard InChI is InChI=1S/C18H23N3O4S/c1-12(17(22)21-7-5-4-6-8-21)26-18-20-19-16(25-18)13-9-14(23-2)11-15(10-13)24-3/h9-12H,4-8H2,1-3H3/t12-/m0/s1. The molecule has 0 spiro atoms. The van der Waals surface area contributed by atoms with Gasteiger partial charge in [0.05, 0.1) is 19.5 Å². The molecular weight excluding hydrogens is 354 g/mol. The van der Waals surface area contributed by atoms with E-state index in [0.29, 0.717) is 28.2 Å². The number of thioether (sulfide) groups is 1. The topological polar surface area (TPSA) is 77.7 Å². The van der Waals surface area contributed by atoms with Crippen LogP contribution >= 0.6 is 11.8 Å². The van der Waals surface area contributed by atoms with Crippen LogP contribution in [0.25, 0.3) is 11.5 Å². The lowest BCUT2D eigenvalue weighted by atomic mass is 10.1. The predicted molar refractivity (Wildman–Crippen MR) is 98.6 cm³/mol. The summed E-state index contributed by atoms with van der Waals surface area (Å²) in [4.78, 5) is 14.5. The van der Waals surface area contributed by atoms with Gasteiger partial charge < -0.3 is 18.8 Å². The molecule has 0 saturated carbocycles. The molecular formula is C18H23N3O4S. The van der Waals surface area contributed by atoms with Gasteiger partial charge in [0.1, 0.15) is 11.5 Å². The van der Waals surface area contributed by atoms with Crippen molar-refractivity contribution in [3.63, 3.8) is 0 Å². The van der Waals surface area contributed by atoms with Crippen molar-refractivity contribution in [2.75, 3.05) is 27.3 Å². The largest absolute Gasteiger partial charge is 0.497 e.